The van der Waals surface area contributed by atoms with E-state index >= 15 is 0 Å². The van der Waals surface area contributed by atoms with Crippen LogP contribution in [0.15, 0.2) is 59.7 Å². The second-order valence-corrected chi connectivity index (χ2v) is 7.78. The monoisotopic (exact) mass is 406 g/mol. The first-order valence-corrected chi connectivity index (χ1v) is 10.0. The quantitative estimate of drug-likeness (QED) is 0.275. The number of ketones is 1. The lowest BCUT2D eigenvalue weighted by atomic mass is 9.99. The van der Waals surface area contributed by atoms with E-state index in [-0.39, 0.29) is 28.6 Å². The zero-order valence-corrected chi connectivity index (χ0v) is 18.1. The van der Waals surface area contributed by atoms with Gasteiger partial charge in [-0.1, -0.05) is 35.4 Å². The maximum Gasteiger partial charge on any atom is 0.189 e. The predicted octanol–water partition coefficient (Wildman–Crippen LogP) is 6.24. The Kier molecular flexibility index (Phi) is 8.05. The zero-order chi connectivity index (χ0) is 22.3. The van der Waals surface area contributed by atoms with Gasteiger partial charge < -0.3 is 15.3 Å². The van der Waals surface area contributed by atoms with Crippen molar-refractivity contribution in [2.24, 2.45) is 0 Å². The van der Waals surface area contributed by atoms with E-state index in [0.29, 0.717) is 17.5 Å². The highest BCUT2D eigenvalue weighted by atomic mass is 16.3. The SMILES string of the molecule is CC(C)=CCCC(C)=CCc1c(O)ccc(C(=O)C=Cc2ccc(O)c(C)c2)c1O. The summed E-state index contributed by atoms with van der Waals surface area (Å²) in [6.07, 6.45) is 9.35. The third-order valence-electron chi connectivity index (χ3n) is 4.92. The average Bonchev–Trinajstić information content (AvgIpc) is 2.68. The predicted molar refractivity (Wildman–Crippen MR) is 122 cm³/mol. The van der Waals surface area contributed by atoms with Crippen LogP contribution in [0.4, 0.5) is 0 Å². The minimum Gasteiger partial charge on any atom is -0.508 e. The number of aromatic hydroxyl groups is 3. The molecule has 30 heavy (non-hydrogen) atoms. The lowest BCUT2D eigenvalue weighted by molar-refractivity contribution is 0.104. The fraction of sp³-hybridized carbons (Fsp3) is 0.269. The number of rotatable bonds is 8. The van der Waals surface area contributed by atoms with Gasteiger partial charge in [-0.25, -0.2) is 0 Å². The topological polar surface area (TPSA) is 77.8 Å². The number of benzene rings is 2. The number of aryl methyl sites for hydroxylation is 1. The van der Waals surface area contributed by atoms with Gasteiger partial charge in [-0.15, -0.1) is 0 Å². The molecule has 0 fully saturated rings. The number of hydrogen-bond acceptors (Lipinski definition) is 4. The number of allylic oxidation sites excluding steroid dienone is 5. The van der Waals surface area contributed by atoms with Crippen LogP contribution in [0.1, 0.15) is 60.7 Å². The van der Waals surface area contributed by atoms with Gasteiger partial charge in [-0.05, 0) is 88.4 Å². The van der Waals surface area contributed by atoms with E-state index in [9.17, 15) is 20.1 Å². The molecule has 0 radical (unpaired) electrons. The maximum absolute atomic E-state index is 12.6. The lowest BCUT2D eigenvalue weighted by Gasteiger charge is -2.09. The van der Waals surface area contributed by atoms with Crippen LogP contribution >= 0.6 is 0 Å². The van der Waals surface area contributed by atoms with Crippen molar-refractivity contribution in [1.29, 1.82) is 0 Å². The molecular weight excluding hydrogens is 376 g/mol. The highest BCUT2D eigenvalue weighted by molar-refractivity contribution is 6.09. The van der Waals surface area contributed by atoms with Gasteiger partial charge in [0.05, 0.1) is 5.56 Å². The summed E-state index contributed by atoms with van der Waals surface area (Å²) in [4.78, 5) is 12.6. The number of hydrogen-bond donors (Lipinski definition) is 3. The van der Waals surface area contributed by atoms with Crippen LogP contribution in [-0.4, -0.2) is 21.1 Å². The van der Waals surface area contributed by atoms with Crippen LogP contribution in [0.2, 0.25) is 0 Å². The van der Waals surface area contributed by atoms with Crippen LogP contribution < -0.4 is 0 Å². The van der Waals surface area contributed by atoms with Crippen molar-refractivity contribution in [3.05, 3.63) is 82.0 Å². The Labute approximate surface area is 178 Å². The number of carbonyl (C=O) groups excluding carboxylic acids is 1. The van der Waals surface area contributed by atoms with E-state index in [2.05, 4.69) is 19.9 Å². The van der Waals surface area contributed by atoms with E-state index in [1.807, 2.05) is 13.0 Å². The Bertz CT molecular complexity index is 1010. The summed E-state index contributed by atoms with van der Waals surface area (Å²) in [5.74, 6) is -0.386. The molecule has 2 rings (SSSR count). The molecule has 3 N–H and O–H groups in total. The Morgan fingerprint density at radius 2 is 1.67 bits per heavy atom. The van der Waals surface area contributed by atoms with E-state index in [1.165, 1.54) is 23.8 Å². The number of phenols is 3. The molecule has 158 valence electrons. The first-order chi connectivity index (χ1) is 14.2. The van der Waals surface area contributed by atoms with E-state index in [0.717, 1.165) is 24.0 Å². The number of carbonyl (C=O) groups is 1. The first kappa shape index (κ1) is 23.0. The molecule has 0 unspecified atom stereocenters. The average molecular weight is 407 g/mol. The molecule has 4 nitrogen and oxygen atoms in total. The van der Waals surface area contributed by atoms with Gasteiger partial charge in [0.25, 0.3) is 0 Å². The van der Waals surface area contributed by atoms with Crippen LogP contribution in [0, 0.1) is 6.92 Å². The molecule has 0 bridgehead atoms. The highest BCUT2D eigenvalue weighted by Gasteiger charge is 2.15. The minimum atomic E-state index is -0.358. The van der Waals surface area contributed by atoms with Gasteiger partial charge in [-0.2, -0.15) is 0 Å². The van der Waals surface area contributed by atoms with Gasteiger partial charge in [0.1, 0.15) is 17.2 Å². The summed E-state index contributed by atoms with van der Waals surface area (Å²) in [5.41, 5.74) is 4.41. The molecule has 2 aromatic rings. The van der Waals surface area contributed by atoms with E-state index < -0.39 is 0 Å². The lowest BCUT2D eigenvalue weighted by Crippen LogP contribution is -1.98. The van der Waals surface area contributed by atoms with Crippen molar-refractivity contribution in [3.8, 4) is 17.2 Å². The van der Waals surface area contributed by atoms with Crippen molar-refractivity contribution < 1.29 is 20.1 Å². The van der Waals surface area contributed by atoms with Crippen molar-refractivity contribution in [2.75, 3.05) is 0 Å². The summed E-state index contributed by atoms with van der Waals surface area (Å²) in [6, 6.07) is 7.91. The molecule has 0 amide bonds. The Balaban J connectivity index is 2.18. The second kappa shape index (κ2) is 10.5. The summed E-state index contributed by atoms with van der Waals surface area (Å²) in [7, 11) is 0. The van der Waals surface area contributed by atoms with Crippen LogP contribution in [0.25, 0.3) is 6.08 Å². The van der Waals surface area contributed by atoms with Crippen molar-refractivity contribution in [1.82, 2.24) is 0 Å². The van der Waals surface area contributed by atoms with Crippen molar-refractivity contribution >= 4 is 11.9 Å². The molecule has 0 saturated heterocycles. The third kappa shape index (κ3) is 6.38. The summed E-state index contributed by atoms with van der Waals surface area (Å²) in [5, 5.41) is 30.4. The molecular formula is C26H30O4. The molecule has 0 aliphatic heterocycles. The summed E-state index contributed by atoms with van der Waals surface area (Å²) >= 11 is 0. The van der Waals surface area contributed by atoms with Crippen LogP contribution in [0.5, 0.6) is 17.2 Å². The summed E-state index contributed by atoms with van der Waals surface area (Å²) in [6.45, 7) is 7.93. The smallest absolute Gasteiger partial charge is 0.189 e. The highest BCUT2D eigenvalue weighted by Crippen LogP contribution is 2.32. The van der Waals surface area contributed by atoms with Gasteiger partial charge in [-0.3, -0.25) is 4.79 Å². The molecule has 4 heteroatoms. The van der Waals surface area contributed by atoms with Crippen molar-refractivity contribution in [3.63, 3.8) is 0 Å². The Hall–Kier alpha value is -3.27. The normalized spacial score (nSPS) is 11.7. The van der Waals surface area contributed by atoms with E-state index in [4.69, 9.17) is 0 Å². The third-order valence-corrected chi connectivity index (χ3v) is 4.92. The molecule has 0 aromatic heterocycles. The van der Waals surface area contributed by atoms with Crippen LogP contribution in [-0.2, 0) is 6.42 Å². The molecule has 0 aliphatic carbocycles. The molecule has 2 aromatic carbocycles. The number of phenolic OH excluding ortho intramolecular Hbond substituents is 3. The van der Waals surface area contributed by atoms with Gasteiger partial charge in [0.2, 0.25) is 0 Å². The summed E-state index contributed by atoms with van der Waals surface area (Å²) < 4.78 is 0. The molecule has 0 aliphatic rings. The van der Waals surface area contributed by atoms with Gasteiger partial charge in [0.15, 0.2) is 5.78 Å². The van der Waals surface area contributed by atoms with Gasteiger partial charge in [0, 0.05) is 5.56 Å². The Morgan fingerprint density at radius 3 is 2.33 bits per heavy atom. The van der Waals surface area contributed by atoms with Gasteiger partial charge >= 0.3 is 0 Å². The van der Waals surface area contributed by atoms with Crippen LogP contribution in [0.3, 0.4) is 0 Å². The Morgan fingerprint density at radius 1 is 0.967 bits per heavy atom. The second-order valence-electron chi connectivity index (χ2n) is 7.78. The first-order valence-electron chi connectivity index (χ1n) is 10.0. The minimum absolute atomic E-state index is 0.0319. The zero-order valence-electron chi connectivity index (χ0n) is 18.1. The van der Waals surface area contributed by atoms with Crippen molar-refractivity contribution in [2.45, 2.75) is 47.0 Å². The van der Waals surface area contributed by atoms with E-state index in [1.54, 1.807) is 31.2 Å². The largest absolute Gasteiger partial charge is 0.508 e. The molecule has 0 atom stereocenters. The molecule has 0 heterocycles. The standard InChI is InChI=1S/C26H30O4/c1-17(2)6-5-7-18(3)8-11-21-25(29)15-12-22(26(21)30)24(28)14-10-20-9-13-23(27)19(4)16-20/h6,8-10,12-16,27,29-30H,5,7,11H2,1-4H3. The maximum atomic E-state index is 12.6. The fourth-order valence-electron chi connectivity index (χ4n) is 3.04. The molecule has 0 spiro atoms. The molecule has 0 saturated carbocycles. The fourth-order valence-corrected chi connectivity index (χ4v) is 3.04.